The molecule has 0 amide bonds. The summed E-state index contributed by atoms with van der Waals surface area (Å²) in [5.41, 5.74) is -0.161. The average molecular weight is 226 g/mol. The van der Waals surface area contributed by atoms with Crippen LogP contribution < -0.4 is 0 Å². The molecule has 0 spiro atoms. The minimum Gasteiger partial charge on any atom is -0.504 e. The summed E-state index contributed by atoms with van der Waals surface area (Å²) >= 11 is 0. The van der Waals surface area contributed by atoms with Gasteiger partial charge in [-0.05, 0) is 18.6 Å². The average Bonchev–Trinajstić information content (AvgIpc) is 2.26. The Morgan fingerprint density at radius 3 is 2.56 bits per heavy atom. The predicted molar refractivity (Wildman–Crippen MR) is 56.6 cm³/mol. The molecule has 0 aliphatic heterocycles. The summed E-state index contributed by atoms with van der Waals surface area (Å²) in [6.45, 7) is 2.22. The number of benzene rings is 1. The SMILES string of the molecule is CCCCOC(=O)c1ccc(O)c(O)c1O. The van der Waals surface area contributed by atoms with Gasteiger partial charge in [-0.3, -0.25) is 0 Å². The second-order valence-electron chi connectivity index (χ2n) is 3.32. The number of hydrogen-bond donors (Lipinski definition) is 3. The summed E-state index contributed by atoms with van der Waals surface area (Å²) in [6, 6.07) is 2.31. The van der Waals surface area contributed by atoms with E-state index in [1.165, 1.54) is 6.07 Å². The van der Waals surface area contributed by atoms with Crippen molar-refractivity contribution in [2.24, 2.45) is 0 Å². The van der Waals surface area contributed by atoms with E-state index in [1.807, 2.05) is 6.92 Å². The second-order valence-corrected chi connectivity index (χ2v) is 3.32. The summed E-state index contributed by atoms with van der Waals surface area (Å²) in [5.74, 6) is -2.59. The fourth-order valence-corrected chi connectivity index (χ4v) is 1.12. The summed E-state index contributed by atoms with van der Waals surface area (Å²) < 4.78 is 4.85. The van der Waals surface area contributed by atoms with E-state index >= 15 is 0 Å². The Hall–Kier alpha value is -1.91. The largest absolute Gasteiger partial charge is 0.504 e. The minimum atomic E-state index is -0.721. The van der Waals surface area contributed by atoms with Crippen LogP contribution in [0.15, 0.2) is 12.1 Å². The molecule has 3 N–H and O–H groups in total. The number of hydrogen-bond acceptors (Lipinski definition) is 5. The van der Waals surface area contributed by atoms with Crippen molar-refractivity contribution in [3.63, 3.8) is 0 Å². The van der Waals surface area contributed by atoms with Crippen molar-refractivity contribution in [3.05, 3.63) is 17.7 Å². The molecule has 88 valence electrons. The molecule has 0 radical (unpaired) electrons. The quantitative estimate of drug-likeness (QED) is 0.413. The van der Waals surface area contributed by atoms with Gasteiger partial charge in [0.05, 0.1) is 6.61 Å². The first kappa shape index (κ1) is 12.2. The fraction of sp³-hybridized carbons (Fsp3) is 0.364. The number of carbonyl (C=O) groups excluding carboxylic acids is 1. The third kappa shape index (κ3) is 2.56. The smallest absolute Gasteiger partial charge is 0.342 e. The molecule has 0 saturated carbocycles. The third-order valence-electron chi connectivity index (χ3n) is 2.08. The molecule has 0 atom stereocenters. The normalized spacial score (nSPS) is 10.1. The van der Waals surface area contributed by atoms with Crippen molar-refractivity contribution in [3.8, 4) is 17.2 Å². The zero-order valence-corrected chi connectivity index (χ0v) is 8.93. The zero-order chi connectivity index (χ0) is 12.1. The molecule has 0 fully saturated rings. The predicted octanol–water partition coefficient (Wildman–Crippen LogP) is 1.76. The standard InChI is InChI=1S/C11H14O5/c1-2-3-6-16-11(15)7-4-5-8(12)10(14)9(7)13/h4-5,12-14H,2-3,6H2,1H3. The molecule has 1 rings (SSSR count). The number of phenols is 3. The summed E-state index contributed by atoms with van der Waals surface area (Å²) in [4.78, 5) is 11.4. The van der Waals surface area contributed by atoms with E-state index < -0.39 is 23.2 Å². The number of aromatic hydroxyl groups is 3. The number of unbranched alkanes of at least 4 members (excludes halogenated alkanes) is 1. The molecule has 5 nitrogen and oxygen atoms in total. The second kappa shape index (κ2) is 5.25. The maximum Gasteiger partial charge on any atom is 0.342 e. The van der Waals surface area contributed by atoms with Gasteiger partial charge < -0.3 is 20.1 Å². The van der Waals surface area contributed by atoms with E-state index in [0.717, 1.165) is 18.9 Å². The number of phenolic OH excluding ortho intramolecular Hbond substituents is 3. The van der Waals surface area contributed by atoms with Crippen LogP contribution in [-0.2, 0) is 4.74 Å². The molecular weight excluding hydrogens is 212 g/mol. The first-order valence-electron chi connectivity index (χ1n) is 4.99. The van der Waals surface area contributed by atoms with Gasteiger partial charge in [-0.15, -0.1) is 0 Å². The van der Waals surface area contributed by atoms with Crippen LogP contribution in [-0.4, -0.2) is 27.9 Å². The lowest BCUT2D eigenvalue weighted by Gasteiger charge is -2.07. The Bertz CT molecular complexity index is 386. The highest BCUT2D eigenvalue weighted by atomic mass is 16.5. The van der Waals surface area contributed by atoms with Crippen molar-refractivity contribution in [2.75, 3.05) is 6.61 Å². The molecule has 1 aromatic rings. The molecular formula is C11H14O5. The highest BCUT2D eigenvalue weighted by molar-refractivity contribution is 5.93. The summed E-state index contributed by atoms with van der Waals surface area (Å²) in [5, 5.41) is 27.7. The number of carbonyl (C=O) groups is 1. The van der Waals surface area contributed by atoms with Crippen molar-refractivity contribution in [2.45, 2.75) is 19.8 Å². The minimum absolute atomic E-state index is 0.161. The van der Waals surface area contributed by atoms with Crippen LogP contribution in [0.4, 0.5) is 0 Å². The molecule has 0 unspecified atom stereocenters. The van der Waals surface area contributed by atoms with Crippen molar-refractivity contribution in [1.29, 1.82) is 0 Å². The first-order chi connectivity index (χ1) is 7.57. The molecule has 0 saturated heterocycles. The molecule has 5 heteroatoms. The fourth-order valence-electron chi connectivity index (χ4n) is 1.12. The van der Waals surface area contributed by atoms with E-state index in [2.05, 4.69) is 0 Å². The van der Waals surface area contributed by atoms with Crippen molar-refractivity contribution < 1.29 is 24.9 Å². The molecule has 16 heavy (non-hydrogen) atoms. The van der Waals surface area contributed by atoms with E-state index in [4.69, 9.17) is 9.84 Å². The highest BCUT2D eigenvalue weighted by Gasteiger charge is 2.17. The monoisotopic (exact) mass is 226 g/mol. The Labute approximate surface area is 92.9 Å². The molecule has 1 aromatic carbocycles. The van der Waals surface area contributed by atoms with Gasteiger partial charge in [0.2, 0.25) is 5.75 Å². The van der Waals surface area contributed by atoms with Gasteiger partial charge in [-0.25, -0.2) is 4.79 Å². The van der Waals surface area contributed by atoms with Crippen LogP contribution in [0.3, 0.4) is 0 Å². The lowest BCUT2D eigenvalue weighted by molar-refractivity contribution is 0.0495. The third-order valence-corrected chi connectivity index (χ3v) is 2.08. The lowest BCUT2D eigenvalue weighted by atomic mass is 10.2. The highest BCUT2D eigenvalue weighted by Crippen LogP contribution is 2.37. The summed E-state index contributed by atoms with van der Waals surface area (Å²) in [6.07, 6.45) is 1.62. The number of rotatable bonds is 4. The van der Waals surface area contributed by atoms with Crippen molar-refractivity contribution in [1.82, 2.24) is 0 Å². The van der Waals surface area contributed by atoms with Gasteiger partial charge in [-0.2, -0.15) is 0 Å². The number of ether oxygens (including phenoxy) is 1. The van der Waals surface area contributed by atoms with E-state index in [0.29, 0.717) is 0 Å². The first-order valence-corrected chi connectivity index (χ1v) is 4.99. The van der Waals surface area contributed by atoms with Gasteiger partial charge in [0.25, 0.3) is 0 Å². The Morgan fingerprint density at radius 1 is 1.25 bits per heavy atom. The topological polar surface area (TPSA) is 87.0 Å². The lowest BCUT2D eigenvalue weighted by Crippen LogP contribution is -2.06. The van der Waals surface area contributed by atoms with Crippen LogP contribution in [0.5, 0.6) is 17.2 Å². The zero-order valence-electron chi connectivity index (χ0n) is 8.93. The Morgan fingerprint density at radius 2 is 1.94 bits per heavy atom. The Balaban J connectivity index is 2.80. The van der Waals surface area contributed by atoms with Crippen LogP contribution in [0.2, 0.25) is 0 Å². The van der Waals surface area contributed by atoms with Crippen LogP contribution in [0, 0.1) is 0 Å². The molecule has 0 bridgehead atoms. The molecule has 0 aromatic heterocycles. The van der Waals surface area contributed by atoms with Crippen LogP contribution >= 0.6 is 0 Å². The van der Waals surface area contributed by atoms with E-state index in [1.54, 1.807) is 0 Å². The summed E-state index contributed by atoms with van der Waals surface area (Å²) in [7, 11) is 0. The van der Waals surface area contributed by atoms with Crippen LogP contribution in [0.25, 0.3) is 0 Å². The van der Waals surface area contributed by atoms with Crippen molar-refractivity contribution >= 4 is 5.97 Å². The van der Waals surface area contributed by atoms with Crippen LogP contribution in [0.1, 0.15) is 30.1 Å². The van der Waals surface area contributed by atoms with Gasteiger partial charge in [0.15, 0.2) is 11.5 Å². The Kier molecular flexibility index (Phi) is 3.99. The van der Waals surface area contributed by atoms with Gasteiger partial charge in [0.1, 0.15) is 5.56 Å². The maximum absolute atomic E-state index is 11.4. The molecule has 0 heterocycles. The van der Waals surface area contributed by atoms with Gasteiger partial charge in [0, 0.05) is 0 Å². The van der Waals surface area contributed by atoms with E-state index in [9.17, 15) is 15.0 Å². The molecule has 0 aliphatic rings. The van der Waals surface area contributed by atoms with Gasteiger partial charge >= 0.3 is 5.97 Å². The van der Waals surface area contributed by atoms with Gasteiger partial charge in [-0.1, -0.05) is 13.3 Å². The molecule has 0 aliphatic carbocycles. The van der Waals surface area contributed by atoms with E-state index in [-0.39, 0.29) is 12.2 Å². The maximum atomic E-state index is 11.4. The number of esters is 1.